The Morgan fingerprint density at radius 1 is 0.789 bits per heavy atom. The standard InChI is InChI=1S/C14H25BrF2O5S.C12H8F2I/c15-11-9-7-5-3-1-2-4-6-8-10-12-22-13(18)14(16,17)23(19,20)21;13-9-5-1-3-7-11(9)15-12-8-4-2-6-10(12)14/h1-12H2,(H,19,20,21);1-8H/q;+1/p-1. The summed E-state index contributed by atoms with van der Waals surface area (Å²) in [6, 6.07) is 13.1. The molecule has 2 aromatic carbocycles. The van der Waals surface area contributed by atoms with E-state index in [9.17, 15) is 35.3 Å². The van der Waals surface area contributed by atoms with Crippen molar-refractivity contribution in [2.75, 3.05) is 11.9 Å². The van der Waals surface area contributed by atoms with E-state index in [0.717, 1.165) is 24.6 Å². The molecule has 5 nitrogen and oxygen atoms in total. The number of carbonyl (C=O) groups excluding carboxylic acids is 1. The Balaban J connectivity index is 0.000000411. The Hall–Kier alpha value is -1.25. The number of alkyl halides is 3. The number of unbranched alkanes of at least 4 members (excludes halogenated alkanes) is 9. The van der Waals surface area contributed by atoms with Gasteiger partial charge in [0.25, 0.3) is 0 Å². The Morgan fingerprint density at radius 2 is 1.18 bits per heavy atom. The van der Waals surface area contributed by atoms with Crippen molar-refractivity contribution in [3.05, 3.63) is 67.3 Å². The third-order valence-electron chi connectivity index (χ3n) is 5.17. The molecule has 0 aromatic heterocycles. The van der Waals surface area contributed by atoms with Crippen molar-refractivity contribution in [1.82, 2.24) is 0 Å². The second kappa shape index (κ2) is 18.9. The van der Waals surface area contributed by atoms with Crippen LogP contribution >= 0.6 is 15.9 Å². The molecule has 2 rings (SSSR count). The largest absolute Gasteiger partial charge is 0.743 e. The molecule has 0 heterocycles. The van der Waals surface area contributed by atoms with Gasteiger partial charge in [0.1, 0.15) is 0 Å². The van der Waals surface area contributed by atoms with E-state index in [4.69, 9.17) is 0 Å². The number of esters is 1. The van der Waals surface area contributed by atoms with E-state index in [-0.39, 0.29) is 18.2 Å². The zero-order valence-electron chi connectivity index (χ0n) is 20.8. The molecule has 2 aromatic rings. The molecule has 0 fully saturated rings. The number of ether oxygens (including phenoxy) is 1. The lowest BCUT2D eigenvalue weighted by Crippen LogP contribution is -3.62. The van der Waals surface area contributed by atoms with Gasteiger partial charge in [-0.2, -0.15) is 8.78 Å². The monoisotopic (exact) mass is 738 g/mol. The van der Waals surface area contributed by atoms with Gasteiger partial charge in [-0.15, -0.1) is 0 Å². The molecule has 0 saturated heterocycles. The maximum absolute atomic E-state index is 13.3. The van der Waals surface area contributed by atoms with Crippen LogP contribution in [0.4, 0.5) is 17.6 Å². The lowest BCUT2D eigenvalue weighted by Gasteiger charge is -2.17. The van der Waals surface area contributed by atoms with Crippen LogP contribution in [-0.4, -0.2) is 36.1 Å². The van der Waals surface area contributed by atoms with E-state index >= 15 is 0 Å². The highest BCUT2D eigenvalue weighted by Gasteiger charge is 2.48. The summed E-state index contributed by atoms with van der Waals surface area (Å²) in [5.41, 5.74) is 0. The number of carbonyl (C=O) groups is 1. The summed E-state index contributed by atoms with van der Waals surface area (Å²) in [5, 5.41) is -3.97. The van der Waals surface area contributed by atoms with Crippen LogP contribution < -0.4 is 21.2 Å². The summed E-state index contributed by atoms with van der Waals surface area (Å²) < 4.78 is 88.2. The molecule has 0 aliphatic heterocycles. The molecule has 38 heavy (non-hydrogen) atoms. The zero-order chi connectivity index (χ0) is 28.4. The molecule has 0 N–H and O–H groups in total. The van der Waals surface area contributed by atoms with Crippen LogP contribution in [0, 0.1) is 18.8 Å². The molecule has 214 valence electrons. The first-order valence-electron chi connectivity index (χ1n) is 12.2. The van der Waals surface area contributed by atoms with Gasteiger partial charge >= 0.3 is 32.4 Å². The first-order chi connectivity index (χ1) is 18.0. The summed E-state index contributed by atoms with van der Waals surface area (Å²) in [4.78, 5) is 10.8. The van der Waals surface area contributed by atoms with Crippen molar-refractivity contribution in [2.24, 2.45) is 0 Å². The van der Waals surface area contributed by atoms with E-state index in [1.54, 1.807) is 36.4 Å². The predicted octanol–water partition coefficient (Wildman–Crippen LogP) is 4.06. The third-order valence-corrected chi connectivity index (χ3v) is 9.43. The fourth-order valence-corrected chi connectivity index (χ4v) is 6.04. The molecule has 0 radical (unpaired) electrons. The molecule has 0 saturated carbocycles. The minimum atomic E-state index is -6.03. The molecular formula is C26H32BrF4IO5S. The van der Waals surface area contributed by atoms with Crippen LogP contribution in [0.25, 0.3) is 0 Å². The van der Waals surface area contributed by atoms with Gasteiger partial charge in [-0.05, 0) is 37.1 Å². The zero-order valence-corrected chi connectivity index (χ0v) is 25.4. The number of benzene rings is 2. The lowest BCUT2D eigenvalue weighted by atomic mass is 10.1. The quantitative estimate of drug-likeness (QED) is 0.0649. The molecule has 0 atom stereocenters. The molecule has 0 spiro atoms. The summed E-state index contributed by atoms with van der Waals surface area (Å²) in [6.45, 7) is -0.309. The number of hydrogen-bond donors (Lipinski definition) is 0. The summed E-state index contributed by atoms with van der Waals surface area (Å²) in [5.74, 6) is -2.78. The van der Waals surface area contributed by atoms with Gasteiger partial charge in [0.05, 0.1) is 6.61 Å². The maximum Gasteiger partial charge on any atom is 0.428 e. The first-order valence-corrected chi connectivity index (χ1v) is 16.9. The summed E-state index contributed by atoms with van der Waals surface area (Å²) >= 11 is 2.62. The van der Waals surface area contributed by atoms with E-state index in [1.165, 1.54) is 44.2 Å². The van der Waals surface area contributed by atoms with Crippen molar-refractivity contribution in [3.63, 3.8) is 0 Å². The van der Waals surface area contributed by atoms with Gasteiger partial charge in [-0.3, -0.25) is 0 Å². The number of rotatable bonds is 16. The van der Waals surface area contributed by atoms with Crippen molar-refractivity contribution >= 4 is 32.0 Å². The SMILES string of the molecule is Fc1ccccc1[I+]c1ccccc1F.O=C(OCCCCCCCCCCCCBr)C(F)(F)S(=O)(=O)[O-]. The smallest absolute Gasteiger partial charge is 0.428 e. The summed E-state index contributed by atoms with van der Waals surface area (Å²) in [7, 11) is -6.03. The molecule has 0 unspecified atom stereocenters. The second-order valence-electron chi connectivity index (χ2n) is 8.25. The van der Waals surface area contributed by atoms with Crippen molar-refractivity contribution in [3.8, 4) is 0 Å². The molecule has 0 aliphatic rings. The molecule has 0 aliphatic carbocycles. The van der Waals surface area contributed by atoms with Crippen molar-refractivity contribution in [2.45, 2.75) is 69.5 Å². The fourth-order valence-electron chi connectivity index (χ4n) is 3.10. The first kappa shape index (κ1) is 34.8. The van der Waals surface area contributed by atoms with Crippen LogP contribution in [0.15, 0.2) is 48.5 Å². The van der Waals surface area contributed by atoms with Gasteiger partial charge in [0, 0.05) is 5.33 Å². The van der Waals surface area contributed by atoms with Crippen LogP contribution in [0.2, 0.25) is 0 Å². The number of hydrogen-bond acceptors (Lipinski definition) is 5. The highest BCUT2D eigenvalue weighted by Crippen LogP contribution is 2.22. The topological polar surface area (TPSA) is 83.5 Å². The van der Waals surface area contributed by atoms with E-state index in [2.05, 4.69) is 20.7 Å². The van der Waals surface area contributed by atoms with Gasteiger partial charge in [0.15, 0.2) is 21.8 Å². The van der Waals surface area contributed by atoms with E-state index in [0.29, 0.717) is 20.0 Å². The Morgan fingerprint density at radius 3 is 1.58 bits per heavy atom. The molecule has 0 amide bonds. The van der Waals surface area contributed by atoms with Gasteiger partial charge in [-0.1, -0.05) is 91.6 Å². The Bertz CT molecular complexity index is 1030. The lowest BCUT2D eigenvalue weighted by molar-refractivity contribution is -0.603. The minimum absolute atomic E-state index is 0.242. The van der Waals surface area contributed by atoms with E-state index in [1.807, 2.05) is 0 Å². The maximum atomic E-state index is 13.3. The normalized spacial score (nSPS) is 11.5. The second-order valence-corrected chi connectivity index (χ2v) is 13.3. The molecule has 12 heteroatoms. The Kier molecular flexibility index (Phi) is 17.3. The Labute approximate surface area is 240 Å². The van der Waals surface area contributed by atoms with Crippen LogP contribution in [0.3, 0.4) is 0 Å². The predicted molar refractivity (Wildman–Crippen MR) is 136 cm³/mol. The van der Waals surface area contributed by atoms with Crippen LogP contribution in [0.5, 0.6) is 0 Å². The van der Waals surface area contributed by atoms with Crippen LogP contribution in [0.1, 0.15) is 64.2 Å². The van der Waals surface area contributed by atoms with Crippen molar-refractivity contribution < 1.29 is 61.3 Å². The van der Waals surface area contributed by atoms with E-state index < -0.39 is 42.5 Å². The average molecular weight is 739 g/mol. The summed E-state index contributed by atoms with van der Waals surface area (Å²) in [6.07, 6.45) is 10.2. The van der Waals surface area contributed by atoms with Crippen molar-refractivity contribution in [1.29, 1.82) is 0 Å². The average Bonchev–Trinajstić information content (AvgIpc) is 2.87. The van der Waals surface area contributed by atoms with Gasteiger partial charge < -0.3 is 9.29 Å². The van der Waals surface area contributed by atoms with Gasteiger partial charge in [-0.25, -0.2) is 22.0 Å². The van der Waals surface area contributed by atoms with Crippen LogP contribution in [-0.2, 0) is 19.6 Å². The highest BCUT2D eigenvalue weighted by molar-refractivity contribution is 9.09. The third kappa shape index (κ3) is 13.7. The highest BCUT2D eigenvalue weighted by atomic mass is 127. The molecule has 0 bridgehead atoms. The fraction of sp³-hybridized carbons (Fsp3) is 0.500. The number of halogens is 6. The van der Waals surface area contributed by atoms with Gasteiger partial charge in [0.2, 0.25) is 7.14 Å². The minimum Gasteiger partial charge on any atom is -0.743 e. The molecular weight excluding hydrogens is 707 g/mol.